The maximum Gasteiger partial charge on any atom is 0.323 e. The minimum absolute atomic E-state index is 0.376. The molecule has 0 bridgehead atoms. The van der Waals surface area contributed by atoms with E-state index in [9.17, 15) is 4.79 Å². The van der Waals surface area contributed by atoms with Gasteiger partial charge in [-0.25, -0.2) is 9.78 Å². The lowest BCUT2D eigenvalue weighted by Gasteiger charge is -2.21. The molecule has 0 unspecified atom stereocenters. The fourth-order valence-electron chi connectivity index (χ4n) is 4.72. The topological polar surface area (TPSA) is 127 Å². The van der Waals surface area contributed by atoms with Crippen LogP contribution in [0.3, 0.4) is 0 Å². The molecule has 0 aliphatic carbocycles. The molecule has 8 heteroatoms. The van der Waals surface area contributed by atoms with E-state index in [0.717, 1.165) is 48.8 Å². The molecule has 3 aromatic carbocycles. The highest BCUT2D eigenvalue weighted by Gasteiger charge is 2.18. The van der Waals surface area contributed by atoms with Gasteiger partial charge in [0, 0.05) is 45.7 Å². The number of nitrogens with two attached hydrogens (primary N) is 3. The number of nitrogens with zero attached hydrogens (tertiary/aromatic N) is 2. The van der Waals surface area contributed by atoms with Crippen LogP contribution in [0.2, 0.25) is 0 Å². The van der Waals surface area contributed by atoms with E-state index in [2.05, 4.69) is 39.6 Å². The summed E-state index contributed by atoms with van der Waals surface area (Å²) in [6.07, 6.45) is 3.78. The zero-order chi connectivity index (χ0) is 25.5. The van der Waals surface area contributed by atoms with Crippen molar-refractivity contribution in [1.82, 2.24) is 9.97 Å². The Morgan fingerprint density at radius 1 is 0.946 bits per heavy atom. The van der Waals surface area contributed by atoms with Gasteiger partial charge in [0.05, 0.1) is 11.4 Å². The molecule has 7 N–H and O–H groups in total. The summed E-state index contributed by atoms with van der Waals surface area (Å²) >= 11 is 1.64. The lowest BCUT2D eigenvalue weighted by molar-refractivity contribution is 0.256. The number of hydrogen-bond donors (Lipinski definition) is 4. The number of H-pyrrole nitrogens is 1. The molecule has 0 radical (unpaired) electrons. The number of amides is 2. The molecule has 7 nitrogen and oxygen atoms in total. The lowest BCUT2D eigenvalue weighted by atomic mass is 10.0. The minimum atomic E-state index is -0.569. The number of urea groups is 1. The van der Waals surface area contributed by atoms with Crippen LogP contribution in [-0.2, 0) is 6.54 Å². The molecule has 0 fully saturated rings. The lowest BCUT2D eigenvalue weighted by Crippen LogP contribution is -2.31. The molecule has 0 aliphatic rings. The first-order valence-electron chi connectivity index (χ1n) is 11.8. The normalized spacial score (nSPS) is 11.3. The number of fused-ring (bicyclic) bond motifs is 2. The third kappa shape index (κ3) is 3.98. The van der Waals surface area contributed by atoms with Gasteiger partial charge >= 0.3 is 6.03 Å². The van der Waals surface area contributed by atoms with Crippen LogP contribution in [0.4, 0.5) is 22.0 Å². The number of pyridine rings is 1. The van der Waals surface area contributed by atoms with Gasteiger partial charge < -0.3 is 22.2 Å². The number of aromatic nitrogens is 2. The van der Waals surface area contributed by atoms with Crippen LogP contribution in [0.5, 0.6) is 0 Å². The third-order valence-corrected chi connectivity index (χ3v) is 7.56. The number of aromatic amines is 1. The quantitative estimate of drug-likeness (QED) is 0.217. The zero-order valence-electron chi connectivity index (χ0n) is 19.8. The third-order valence-electron chi connectivity index (χ3n) is 6.55. The van der Waals surface area contributed by atoms with Crippen LogP contribution in [0.1, 0.15) is 5.56 Å². The van der Waals surface area contributed by atoms with Gasteiger partial charge in [-0.05, 0) is 69.9 Å². The second kappa shape index (κ2) is 9.09. The maximum absolute atomic E-state index is 12.4. The fraction of sp³-hybridized carbons (Fsp3) is 0.0345. The summed E-state index contributed by atoms with van der Waals surface area (Å²) in [6.45, 7) is 0.376. The Kier molecular flexibility index (Phi) is 5.60. The average Bonchev–Trinajstić information content (AvgIpc) is 3.57. The van der Waals surface area contributed by atoms with E-state index in [-0.39, 0.29) is 0 Å². The summed E-state index contributed by atoms with van der Waals surface area (Å²) in [4.78, 5) is 21.6. The summed E-state index contributed by atoms with van der Waals surface area (Å²) in [7, 11) is 0. The first-order chi connectivity index (χ1) is 18.0. The van der Waals surface area contributed by atoms with Gasteiger partial charge in [0.25, 0.3) is 0 Å². The van der Waals surface area contributed by atoms with Crippen molar-refractivity contribution < 1.29 is 4.79 Å². The molecule has 3 aromatic heterocycles. The molecule has 0 aliphatic heterocycles. The molecule has 6 rings (SSSR count). The van der Waals surface area contributed by atoms with E-state index in [1.54, 1.807) is 11.3 Å². The number of thiophene rings is 1. The van der Waals surface area contributed by atoms with Gasteiger partial charge in [-0.15, -0.1) is 11.3 Å². The van der Waals surface area contributed by atoms with E-state index in [4.69, 9.17) is 17.2 Å². The fourth-order valence-corrected chi connectivity index (χ4v) is 5.84. The SMILES string of the molecule is NCc1cccc(N(C(N)=O)c2ccc(-c3csc4c(-c5ccc6[nH]ccc6c5)cnc(N)c34)cc2)c1. The van der Waals surface area contributed by atoms with Crippen LogP contribution in [0.25, 0.3) is 43.2 Å². The van der Waals surface area contributed by atoms with Crippen LogP contribution >= 0.6 is 11.3 Å². The second-order valence-electron chi connectivity index (χ2n) is 8.78. The van der Waals surface area contributed by atoms with Crippen molar-refractivity contribution in [3.05, 3.63) is 96.1 Å². The molecular weight excluding hydrogens is 480 g/mol. The molecule has 0 saturated heterocycles. The number of primary amides is 1. The first-order valence-corrected chi connectivity index (χ1v) is 12.6. The Balaban J connectivity index is 1.40. The van der Waals surface area contributed by atoms with Crippen LogP contribution in [0, 0.1) is 0 Å². The van der Waals surface area contributed by atoms with Crippen molar-refractivity contribution in [2.45, 2.75) is 6.54 Å². The van der Waals surface area contributed by atoms with Crippen molar-refractivity contribution in [2.24, 2.45) is 11.5 Å². The number of rotatable bonds is 5. The predicted octanol–water partition coefficient (Wildman–Crippen LogP) is 6.37. The van der Waals surface area contributed by atoms with Crippen LogP contribution in [0.15, 0.2) is 90.6 Å². The number of benzene rings is 3. The van der Waals surface area contributed by atoms with Gasteiger partial charge in [0.15, 0.2) is 0 Å². The standard InChI is InChI=1S/C29H24N6OS/c30-14-17-2-1-3-22(12-17)35(29(32)36)21-7-4-18(5-8-21)24-16-37-27-23(15-34-28(31)26(24)27)19-6-9-25-20(13-19)10-11-33-25/h1-13,15-16,33H,14,30H2,(H2,31,34)(H2,32,36). The van der Waals surface area contributed by atoms with Crippen molar-refractivity contribution in [3.63, 3.8) is 0 Å². The van der Waals surface area contributed by atoms with Crippen molar-refractivity contribution in [1.29, 1.82) is 0 Å². The Bertz CT molecular complexity index is 1770. The largest absolute Gasteiger partial charge is 0.383 e. The second-order valence-corrected chi connectivity index (χ2v) is 9.66. The average molecular weight is 505 g/mol. The smallest absolute Gasteiger partial charge is 0.323 e. The van der Waals surface area contributed by atoms with Gasteiger partial charge in [0.1, 0.15) is 5.82 Å². The van der Waals surface area contributed by atoms with E-state index >= 15 is 0 Å². The molecule has 3 heterocycles. The number of nitrogens with one attached hydrogen (secondary N) is 1. The monoisotopic (exact) mass is 504 g/mol. The van der Waals surface area contributed by atoms with E-state index in [0.29, 0.717) is 23.7 Å². The first kappa shape index (κ1) is 22.8. The predicted molar refractivity (Wildman–Crippen MR) is 153 cm³/mol. The number of carbonyl (C=O) groups is 1. The summed E-state index contributed by atoms with van der Waals surface area (Å²) in [5, 5.41) is 4.17. The minimum Gasteiger partial charge on any atom is -0.383 e. The zero-order valence-corrected chi connectivity index (χ0v) is 20.6. The van der Waals surface area contributed by atoms with Crippen LogP contribution < -0.4 is 22.1 Å². The van der Waals surface area contributed by atoms with E-state index in [1.165, 1.54) is 4.90 Å². The number of nitrogen functional groups attached to an aromatic ring is 1. The van der Waals surface area contributed by atoms with Crippen molar-refractivity contribution in [2.75, 3.05) is 10.6 Å². The Hall–Kier alpha value is -4.66. The summed E-state index contributed by atoms with van der Waals surface area (Å²) in [5.41, 5.74) is 25.4. The van der Waals surface area contributed by atoms with E-state index < -0.39 is 6.03 Å². The Morgan fingerprint density at radius 2 is 1.76 bits per heavy atom. The molecule has 37 heavy (non-hydrogen) atoms. The van der Waals surface area contributed by atoms with E-state index in [1.807, 2.05) is 60.9 Å². The molecular formula is C29H24N6OS. The summed E-state index contributed by atoms with van der Waals surface area (Å²) in [5.74, 6) is 0.485. The van der Waals surface area contributed by atoms with Crippen LogP contribution in [-0.4, -0.2) is 16.0 Å². The van der Waals surface area contributed by atoms with Gasteiger partial charge in [-0.3, -0.25) is 4.90 Å². The van der Waals surface area contributed by atoms with Gasteiger partial charge in [-0.1, -0.05) is 30.3 Å². The molecule has 0 atom stereocenters. The molecule has 182 valence electrons. The molecule has 6 aromatic rings. The van der Waals surface area contributed by atoms with Gasteiger partial charge in [-0.2, -0.15) is 0 Å². The van der Waals surface area contributed by atoms with Gasteiger partial charge in [0.2, 0.25) is 0 Å². The summed E-state index contributed by atoms with van der Waals surface area (Å²) < 4.78 is 1.08. The Morgan fingerprint density at radius 3 is 2.54 bits per heavy atom. The highest BCUT2D eigenvalue weighted by Crippen LogP contribution is 2.42. The number of anilines is 3. The highest BCUT2D eigenvalue weighted by atomic mass is 32.1. The Labute approximate surface area is 217 Å². The van der Waals surface area contributed by atoms with Crippen molar-refractivity contribution in [3.8, 4) is 22.3 Å². The number of hydrogen-bond acceptors (Lipinski definition) is 5. The molecule has 0 spiro atoms. The number of carbonyl (C=O) groups excluding carboxylic acids is 1. The highest BCUT2D eigenvalue weighted by molar-refractivity contribution is 7.18. The molecule has 0 saturated carbocycles. The maximum atomic E-state index is 12.4. The van der Waals surface area contributed by atoms with Crippen molar-refractivity contribution >= 4 is 55.5 Å². The molecule has 2 amide bonds. The summed E-state index contributed by atoms with van der Waals surface area (Å²) in [6, 6.07) is 23.0.